The third-order valence-corrected chi connectivity index (χ3v) is 15.7. The lowest BCUT2D eigenvalue weighted by Gasteiger charge is -2.71. The van der Waals surface area contributed by atoms with Crippen LogP contribution in [0.4, 0.5) is 0 Å². The van der Waals surface area contributed by atoms with Crippen LogP contribution in [0.5, 0.6) is 0 Å². The van der Waals surface area contributed by atoms with Gasteiger partial charge in [0.2, 0.25) is 0 Å². The van der Waals surface area contributed by atoms with E-state index in [2.05, 4.69) is 88.8 Å². The van der Waals surface area contributed by atoms with E-state index in [4.69, 9.17) is 19.9 Å². The van der Waals surface area contributed by atoms with Gasteiger partial charge in [-0.3, -0.25) is 0 Å². The number of hydrogen-bond donors (Lipinski definition) is 2. The van der Waals surface area contributed by atoms with Crippen LogP contribution < -0.4 is 5.73 Å². The number of aliphatic hydroxyl groups excluding tert-OH is 1. The molecule has 4 fully saturated rings. The average Bonchev–Trinajstić information content (AvgIpc) is 2.91. The number of aliphatic hydroxyl groups is 1. The summed E-state index contributed by atoms with van der Waals surface area (Å²) in [4.78, 5) is 0. The molecule has 12 atom stereocenters. The van der Waals surface area contributed by atoms with E-state index in [1.165, 1.54) is 19.3 Å². The van der Waals surface area contributed by atoms with Crippen LogP contribution in [0.3, 0.4) is 0 Å². The second-order valence-corrected chi connectivity index (χ2v) is 18.9. The molecule has 44 heavy (non-hydrogen) atoms. The largest absolute Gasteiger partial charge is 0.513 e. The molecule has 4 aliphatic carbocycles. The normalized spacial score (nSPS) is 47.5. The Kier molecular flexibility index (Phi) is 8.47. The Morgan fingerprint density at radius 1 is 1.07 bits per heavy atom. The van der Waals surface area contributed by atoms with Gasteiger partial charge in [0.15, 0.2) is 0 Å². The van der Waals surface area contributed by atoms with Gasteiger partial charge in [-0.05, 0) is 90.8 Å². The third-order valence-electron chi connectivity index (χ3n) is 15.7. The van der Waals surface area contributed by atoms with E-state index >= 15 is 0 Å². The summed E-state index contributed by atoms with van der Waals surface area (Å²) >= 11 is 0. The van der Waals surface area contributed by atoms with Crippen molar-refractivity contribution in [1.29, 1.82) is 0 Å². The van der Waals surface area contributed by atoms with Crippen molar-refractivity contribution < 1.29 is 19.3 Å². The first-order chi connectivity index (χ1) is 20.2. The summed E-state index contributed by atoms with van der Waals surface area (Å²) in [6.07, 6.45) is 9.12. The van der Waals surface area contributed by atoms with Crippen LogP contribution in [0, 0.1) is 62.1 Å². The molecule has 0 spiro atoms. The summed E-state index contributed by atoms with van der Waals surface area (Å²) in [5.74, 6) is 2.46. The van der Waals surface area contributed by atoms with Crippen LogP contribution in [0.15, 0.2) is 24.0 Å². The summed E-state index contributed by atoms with van der Waals surface area (Å²) in [5.41, 5.74) is 7.75. The zero-order chi connectivity index (χ0) is 32.9. The number of fused-ring (bicyclic) bond motifs is 3. The average molecular weight is 614 g/mol. The summed E-state index contributed by atoms with van der Waals surface area (Å²) in [6, 6.07) is 0. The molecule has 0 amide bonds. The quantitative estimate of drug-likeness (QED) is 0.222. The molecule has 1 heterocycles. The summed E-state index contributed by atoms with van der Waals surface area (Å²) in [5, 5.41) is 11.4. The Labute approximate surface area is 270 Å². The van der Waals surface area contributed by atoms with Gasteiger partial charge in [0.1, 0.15) is 0 Å². The highest BCUT2D eigenvalue weighted by molar-refractivity contribution is 5.36. The summed E-state index contributed by atoms with van der Waals surface area (Å²) < 4.78 is 19.9. The van der Waals surface area contributed by atoms with E-state index < -0.39 is 5.54 Å². The predicted octanol–water partition coefficient (Wildman–Crippen LogP) is 8.73. The van der Waals surface area contributed by atoms with E-state index in [9.17, 15) is 5.11 Å². The van der Waals surface area contributed by atoms with Gasteiger partial charge < -0.3 is 25.1 Å². The van der Waals surface area contributed by atoms with Crippen molar-refractivity contribution in [3.05, 3.63) is 24.0 Å². The molecule has 0 aromatic heterocycles. The molecule has 0 aromatic rings. The number of rotatable bonds is 7. The number of methoxy groups -OCH3 is 1. The SMILES string of the molecule is C=C(O)[C@@H]1[C@@](C)([C@H](C)C(C)C)CC[C@]2(C)[C@H]3CC[C@@H]4[C@@]5(COC[C@]4(C)[C@@H](OC[C@](C)(N)C(C)(C)C)[C@H](OC)C5)C3=CC[C@@]12C. The summed E-state index contributed by atoms with van der Waals surface area (Å²) in [6.45, 7) is 31.9. The molecule has 0 radical (unpaired) electrons. The molecule has 3 N–H and O–H groups in total. The van der Waals surface area contributed by atoms with E-state index in [0.29, 0.717) is 42.6 Å². The molecule has 252 valence electrons. The first kappa shape index (κ1) is 34.5. The molecule has 5 heteroatoms. The first-order valence-electron chi connectivity index (χ1n) is 17.8. The highest BCUT2D eigenvalue weighted by Gasteiger charge is 2.71. The van der Waals surface area contributed by atoms with Crippen molar-refractivity contribution in [2.24, 2.45) is 67.8 Å². The van der Waals surface area contributed by atoms with E-state index in [1.54, 1.807) is 5.57 Å². The highest BCUT2D eigenvalue weighted by atomic mass is 16.5. The van der Waals surface area contributed by atoms with Crippen molar-refractivity contribution >= 4 is 0 Å². The topological polar surface area (TPSA) is 73.9 Å². The Morgan fingerprint density at radius 3 is 2.30 bits per heavy atom. The van der Waals surface area contributed by atoms with Crippen molar-refractivity contribution in [1.82, 2.24) is 0 Å². The van der Waals surface area contributed by atoms with Crippen LogP contribution in [0.1, 0.15) is 115 Å². The van der Waals surface area contributed by atoms with Crippen molar-refractivity contribution in [2.45, 2.75) is 132 Å². The van der Waals surface area contributed by atoms with Crippen molar-refractivity contribution in [2.75, 3.05) is 26.9 Å². The predicted molar refractivity (Wildman–Crippen MR) is 180 cm³/mol. The van der Waals surface area contributed by atoms with Gasteiger partial charge >= 0.3 is 0 Å². The standard InChI is InChI=1S/C39H67NO4/c1-24(2)25(3)34(8)18-19-36(10)27-14-15-30-35(9)21-43-23-39(30,28(27)16-17-37(36,11)31(34)26(4)41)20-29(42-13)32(35)44-22-38(12,40)33(5,6)7/h16,24-25,27,29-32,41H,4,14-15,17-23,40H2,1-3,5-13H3/t25-,27+,29-,30+,31-,32+,34-,35+,36-,37+,38+,39+/m1/s1. The van der Waals surface area contributed by atoms with Crippen LogP contribution in [-0.4, -0.2) is 49.8 Å². The minimum absolute atomic E-state index is 0.0109. The van der Waals surface area contributed by atoms with Gasteiger partial charge in [-0.15, -0.1) is 0 Å². The van der Waals surface area contributed by atoms with Gasteiger partial charge in [0.25, 0.3) is 0 Å². The zero-order valence-corrected chi connectivity index (χ0v) is 30.4. The van der Waals surface area contributed by atoms with Gasteiger partial charge in [-0.2, -0.15) is 0 Å². The molecule has 0 unspecified atom stereocenters. The smallest absolute Gasteiger partial charge is 0.0916 e. The lowest BCUT2D eigenvalue weighted by molar-refractivity contribution is -0.270. The molecule has 1 saturated heterocycles. The van der Waals surface area contributed by atoms with Crippen LogP contribution in [-0.2, 0) is 14.2 Å². The first-order valence-corrected chi connectivity index (χ1v) is 17.8. The maximum absolute atomic E-state index is 11.4. The Hall–Kier alpha value is -0.880. The van der Waals surface area contributed by atoms with E-state index in [-0.39, 0.29) is 50.6 Å². The molecule has 5 aliphatic rings. The Bertz CT molecular complexity index is 1150. The molecule has 0 aromatic carbocycles. The molecule has 3 saturated carbocycles. The number of ether oxygens (including phenoxy) is 3. The lowest BCUT2D eigenvalue weighted by atomic mass is 9.34. The van der Waals surface area contributed by atoms with Gasteiger partial charge in [-0.1, -0.05) is 87.5 Å². The second kappa shape index (κ2) is 10.8. The minimum atomic E-state index is -0.454. The molecule has 2 bridgehead atoms. The molecule has 5 nitrogen and oxygen atoms in total. The van der Waals surface area contributed by atoms with E-state index in [0.717, 1.165) is 25.9 Å². The Balaban J connectivity index is 1.54. The fourth-order valence-corrected chi connectivity index (χ4v) is 11.8. The van der Waals surface area contributed by atoms with E-state index in [1.807, 2.05) is 7.11 Å². The zero-order valence-electron chi connectivity index (χ0n) is 30.4. The maximum atomic E-state index is 11.4. The lowest BCUT2D eigenvalue weighted by Crippen LogP contribution is -2.70. The molecule has 5 rings (SSSR count). The molecule has 1 aliphatic heterocycles. The monoisotopic (exact) mass is 614 g/mol. The highest BCUT2D eigenvalue weighted by Crippen LogP contribution is 2.75. The van der Waals surface area contributed by atoms with Gasteiger partial charge in [0.05, 0.1) is 37.8 Å². The fourth-order valence-electron chi connectivity index (χ4n) is 11.8. The fraction of sp³-hybridized carbons (Fsp3) is 0.897. The van der Waals surface area contributed by atoms with Crippen LogP contribution in [0.2, 0.25) is 0 Å². The Morgan fingerprint density at radius 2 is 1.73 bits per heavy atom. The van der Waals surface area contributed by atoms with Gasteiger partial charge in [-0.25, -0.2) is 0 Å². The second-order valence-electron chi connectivity index (χ2n) is 18.9. The number of nitrogens with two attached hydrogens (primary N) is 1. The van der Waals surface area contributed by atoms with Crippen LogP contribution in [0.25, 0.3) is 0 Å². The number of hydrogen-bond acceptors (Lipinski definition) is 5. The van der Waals surface area contributed by atoms with Crippen molar-refractivity contribution in [3.8, 4) is 0 Å². The van der Waals surface area contributed by atoms with Gasteiger partial charge in [0, 0.05) is 29.4 Å². The summed E-state index contributed by atoms with van der Waals surface area (Å²) in [7, 11) is 1.87. The van der Waals surface area contributed by atoms with Crippen molar-refractivity contribution in [3.63, 3.8) is 0 Å². The van der Waals surface area contributed by atoms with Crippen LogP contribution >= 0.6 is 0 Å². The molecular formula is C39H67NO4. The number of allylic oxidation sites excluding steroid dienone is 2. The maximum Gasteiger partial charge on any atom is 0.0916 e. The minimum Gasteiger partial charge on any atom is -0.513 e. The third kappa shape index (κ3) is 4.59. The molecular weight excluding hydrogens is 546 g/mol.